The number of rotatable bonds is 6. The highest BCUT2D eigenvalue weighted by atomic mass is 16.5. The van der Waals surface area contributed by atoms with Gasteiger partial charge in [0.15, 0.2) is 0 Å². The SMILES string of the molecule is COc1ccc(C(=O)NCC2OCCc3cn(Cc4ccccc4)nc32)cc1. The Kier molecular flexibility index (Phi) is 5.39. The van der Waals surface area contributed by atoms with Crippen LogP contribution < -0.4 is 10.1 Å². The fraction of sp³-hybridized carbons (Fsp3) is 0.273. The molecule has 28 heavy (non-hydrogen) atoms. The molecule has 1 atom stereocenters. The Morgan fingerprint density at radius 3 is 2.75 bits per heavy atom. The zero-order valence-electron chi connectivity index (χ0n) is 15.8. The summed E-state index contributed by atoms with van der Waals surface area (Å²) in [6.45, 7) is 1.74. The Morgan fingerprint density at radius 1 is 1.21 bits per heavy atom. The van der Waals surface area contributed by atoms with Gasteiger partial charge in [-0.3, -0.25) is 9.48 Å². The van der Waals surface area contributed by atoms with Crippen LogP contribution in [0.5, 0.6) is 5.75 Å². The van der Waals surface area contributed by atoms with Crippen LogP contribution in [0.25, 0.3) is 0 Å². The molecule has 4 rings (SSSR count). The van der Waals surface area contributed by atoms with Crippen LogP contribution in [0.4, 0.5) is 0 Å². The summed E-state index contributed by atoms with van der Waals surface area (Å²) in [6.07, 6.45) is 2.69. The Bertz CT molecular complexity index is 935. The summed E-state index contributed by atoms with van der Waals surface area (Å²) in [5, 5.41) is 7.68. The Hall–Kier alpha value is -3.12. The van der Waals surface area contributed by atoms with E-state index in [1.165, 1.54) is 11.1 Å². The maximum Gasteiger partial charge on any atom is 0.251 e. The minimum Gasteiger partial charge on any atom is -0.497 e. The minimum atomic E-state index is -0.233. The van der Waals surface area contributed by atoms with E-state index in [1.54, 1.807) is 31.4 Å². The van der Waals surface area contributed by atoms with Crippen molar-refractivity contribution >= 4 is 5.91 Å². The van der Waals surface area contributed by atoms with E-state index < -0.39 is 0 Å². The highest BCUT2D eigenvalue weighted by molar-refractivity contribution is 5.94. The molecule has 0 saturated heterocycles. The molecule has 0 spiro atoms. The van der Waals surface area contributed by atoms with Crippen LogP contribution in [-0.2, 0) is 17.7 Å². The molecule has 6 heteroatoms. The maximum absolute atomic E-state index is 12.4. The number of carbonyl (C=O) groups is 1. The summed E-state index contributed by atoms with van der Waals surface area (Å²) >= 11 is 0. The van der Waals surface area contributed by atoms with Gasteiger partial charge in [-0.1, -0.05) is 30.3 Å². The third-order valence-corrected chi connectivity index (χ3v) is 4.85. The van der Waals surface area contributed by atoms with Crippen LogP contribution in [0.15, 0.2) is 60.8 Å². The lowest BCUT2D eigenvalue weighted by molar-refractivity contribution is 0.0383. The summed E-state index contributed by atoms with van der Waals surface area (Å²) in [7, 11) is 1.60. The molecular weight excluding hydrogens is 354 g/mol. The summed E-state index contributed by atoms with van der Waals surface area (Å²) < 4.78 is 13.0. The number of carbonyl (C=O) groups excluding carboxylic acids is 1. The highest BCUT2D eigenvalue weighted by Gasteiger charge is 2.25. The number of methoxy groups -OCH3 is 1. The zero-order chi connectivity index (χ0) is 19.3. The van der Waals surface area contributed by atoms with Gasteiger partial charge < -0.3 is 14.8 Å². The van der Waals surface area contributed by atoms with Gasteiger partial charge in [-0.25, -0.2) is 0 Å². The average molecular weight is 377 g/mol. The molecule has 0 bridgehead atoms. The highest BCUT2D eigenvalue weighted by Crippen LogP contribution is 2.25. The maximum atomic E-state index is 12.4. The molecule has 1 aliphatic heterocycles. The number of hydrogen-bond acceptors (Lipinski definition) is 4. The second-order valence-corrected chi connectivity index (χ2v) is 6.77. The molecule has 2 heterocycles. The molecule has 6 nitrogen and oxygen atoms in total. The van der Waals surface area contributed by atoms with Crippen LogP contribution in [0.3, 0.4) is 0 Å². The van der Waals surface area contributed by atoms with Gasteiger partial charge >= 0.3 is 0 Å². The number of nitrogens with zero attached hydrogens (tertiary/aromatic N) is 2. The van der Waals surface area contributed by atoms with Gasteiger partial charge in [0, 0.05) is 18.3 Å². The standard InChI is InChI=1S/C22H23N3O3/c1-27-19-9-7-17(8-10-19)22(26)23-13-20-21-18(11-12-28-20)15-25(24-21)14-16-5-3-2-4-6-16/h2-10,15,20H,11-14H2,1H3,(H,23,26). The number of ether oxygens (including phenoxy) is 2. The first-order valence-electron chi connectivity index (χ1n) is 9.37. The number of nitrogens with one attached hydrogen (secondary N) is 1. The third-order valence-electron chi connectivity index (χ3n) is 4.85. The van der Waals surface area contributed by atoms with E-state index in [9.17, 15) is 4.79 Å². The van der Waals surface area contributed by atoms with Crippen molar-refractivity contribution in [1.82, 2.24) is 15.1 Å². The van der Waals surface area contributed by atoms with Gasteiger partial charge in [0.2, 0.25) is 0 Å². The van der Waals surface area contributed by atoms with Crippen molar-refractivity contribution in [3.63, 3.8) is 0 Å². The number of amides is 1. The first kappa shape index (κ1) is 18.3. The van der Waals surface area contributed by atoms with Gasteiger partial charge in [0.25, 0.3) is 5.91 Å². The van der Waals surface area contributed by atoms with E-state index >= 15 is 0 Å². The molecule has 1 unspecified atom stereocenters. The van der Waals surface area contributed by atoms with Crippen molar-refractivity contribution in [3.05, 3.63) is 83.2 Å². The van der Waals surface area contributed by atoms with Crippen molar-refractivity contribution in [2.24, 2.45) is 0 Å². The molecular formula is C22H23N3O3. The molecule has 144 valence electrons. The summed E-state index contributed by atoms with van der Waals surface area (Å²) in [5.41, 5.74) is 3.89. The van der Waals surface area contributed by atoms with E-state index in [1.807, 2.05) is 22.9 Å². The van der Waals surface area contributed by atoms with Gasteiger partial charge in [-0.2, -0.15) is 5.10 Å². The molecule has 1 amide bonds. The number of aromatic nitrogens is 2. The largest absolute Gasteiger partial charge is 0.497 e. The van der Waals surface area contributed by atoms with E-state index in [2.05, 4.69) is 23.6 Å². The third kappa shape index (κ3) is 4.07. The molecule has 3 aromatic rings. The van der Waals surface area contributed by atoms with E-state index in [0.717, 1.165) is 24.4 Å². The quantitative estimate of drug-likeness (QED) is 0.717. The lowest BCUT2D eigenvalue weighted by atomic mass is 10.1. The second-order valence-electron chi connectivity index (χ2n) is 6.77. The topological polar surface area (TPSA) is 65.4 Å². The van der Waals surface area contributed by atoms with Gasteiger partial charge in [0.05, 0.1) is 26.0 Å². The molecule has 2 aromatic carbocycles. The van der Waals surface area contributed by atoms with Crippen molar-refractivity contribution in [2.45, 2.75) is 19.1 Å². The lowest BCUT2D eigenvalue weighted by Crippen LogP contribution is -2.31. The number of benzene rings is 2. The fourth-order valence-corrected chi connectivity index (χ4v) is 3.37. The van der Waals surface area contributed by atoms with E-state index in [-0.39, 0.29) is 12.0 Å². The smallest absolute Gasteiger partial charge is 0.251 e. The molecule has 1 aliphatic rings. The molecule has 1 N–H and O–H groups in total. The van der Waals surface area contributed by atoms with Gasteiger partial charge in [0.1, 0.15) is 11.9 Å². The van der Waals surface area contributed by atoms with Crippen LogP contribution in [0.2, 0.25) is 0 Å². The number of fused-ring (bicyclic) bond motifs is 1. The van der Waals surface area contributed by atoms with Crippen molar-refractivity contribution in [1.29, 1.82) is 0 Å². The lowest BCUT2D eigenvalue weighted by Gasteiger charge is -2.22. The normalized spacial score (nSPS) is 15.7. The van der Waals surface area contributed by atoms with Gasteiger partial charge in [-0.05, 0) is 41.8 Å². The fourth-order valence-electron chi connectivity index (χ4n) is 3.37. The molecule has 1 aromatic heterocycles. The minimum absolute atomic E-state index is 0.137. The van der Waals surface area contributed by atoms with Crippen LogP contribution in [0, 0.1) is 0 Å². The Morgan fingerprint density at radius 2 is 2.00 bits per heavy atom. The van der Waals surface area contributed by atoms with Gasteiger partial charge in [-0.15, -0.1) is 0 Å². The zero-order valence-corrected chi connectivity index (χ0v) is 15.8. The molecule has 0 fully saturated rings. The van der Waals surface area contributed by atoms with E-state index in [0.29, 0.717) is 18.7 Å². The molecule has 0 aliphatic carbocycles. The summed E-state index contributed by atoms with van der Waals surface area (Å²) in [4.78, 5) is 12.4. The van der Waals surface area contributed by atoms with Crippen LogP contribution in [0.1, 0.15) is 33.3 Å². The van der Waals surface area contributed by atoms with E-state index in [4.69, 9.17) is 14.6 Å². The molecule has 0 radical (unpaired) electrons. The Labute approximate surface area is 164 Å². The molecule has 0 saturated carbocycles. The second kappa shape index (κ2) is 8.27. The first-order chi connectivity index (χ1) is 13.7. The first-order valence-corrected chi connectivity index (χ1v) is 9.37. The monoisotopic (exact) mass is 377 g/mol. The predicted molar refractivity (Wildman–Crippen MR) is 105 cm³/mol. The number of hydrogen-bond donors (Lipinski definition) is 1. The Balaban J connectivity index is 1.41. The predicted octanol–water partition coefficient (Wildman–Crippen LogP) is 2.98. The van der Waals surface area contributed by atoms with Crippen LogP contribution in [-0.4, -0.2) is 35.9 Å². The van der Waals surface area contributed by atoms with Crippen LogP contribution >= 0.6 is 0 Å². The summed E-state index contributed by atoms with van der Waals surface area (Å²) in [5.74, 6) is 0.586. The van der Waals surface area contributed by atoms with Crippen molar-refractivity contribution < 1.29 is 14.3 Å². The average Bonchev–Trinajstić information content (AvgIpc) is 3.15. The summed E-state index contributed by atoms with van der Waals surface area (Å²) in [6, 6.07) is 17.3. The van der Waals surface area contributed by atoms with Crippen molar-refractivity contribution in [2.75, 3.05) is 20.3 Å². The van der Waals surface area contributed by atoms with Crippen molar-refractivity contribution in [3.8, 4) is 5.75 Å².